The predicted octanol–water partition coefficient (Wildman–Crippen LogP) is 1.35. The van der Waals surface area contributed by atoms with Crippen molar-refractivity contribution < 1.29 is 4.79 Å². The lowest BCUT2D eigenvalue weighted by Gasteiger charge is -2.41. The van der Waals surface area contributed by atoms with Gasteiger partial charge in [0.2, 0.25) is 5.91 Å². The molecule has 1 amide bonds. The Bertz CT molecular complexity index is 417. The summed E-state index contributed by atoms with van der Waals surface area (Å²) in [7, 11) is 1.87. The number of guanidine groups is 1. The van der Waals surface area contributed by atoms with Crippen LogP contribution in [0.15, 0.2) is 4.99 Å². The average Bonchev–Trinajstić information content (AvgIpc) is 3.11. The summed E-state index contributed by atoms with van der Waals surface area (Å²) in [6, 6.07) is 0. The molecule has 1 spiro atoms. The normalized spacial score (nSPS) is 31.0. The first-order valence-electron chi connectivity index (χ1n) is 8.43. The highest BCUT2D eigenvalue weighted by Gasteiger charge is 2.42. The summed E-state index contributed by atoms with van der Waals surface area (Å²) >= 11 is 0. The molecule has 3 aliphatic rings. The Hall–Kier alpha value is -1.26. The second-order valence-electron chi connectivity index (χ2n) is 7.06. The van der Waals surface area contributed by atoms with E-state index in [0.29, 0.717) is 6.42 Å². The molecule has 2 heterocycles. The van der Waals surface area contributed by atoms with Gasteiger partial charge in [0.15, 0.2) is 5.96 Å². The summed E-state index contributed by atoms with van der Waals surface area (Å²) in [5.74, 6) is 2.06. The Morgan fingerprint density at radius 2 is 2.24 bits per heavy atom. The Balaban J connectivity index is 1.57. The lowest BCUT2D eigenvalue weighted by Crippen LogP contribution is -2.51. The molecule has 2 aliphatic heterocycles. The van der Waals surface area contributed by atoms with Crippen molar-refractivity contribution in [1.29, 1.82) is 0 Å². The number of hydrogen-bond donors (Lipinski definition) is 2. The van der Waals surface area contributed by atoms with Crippen molar-refractivity contribution in [3.05, 3.63) is 0 Å². The highest BCUT2D eigenvalue weighted by molar-refractivity contribution is 5.81. The molecule has 0 aromatic heterocycles. The zero-order chi connectivity index (χ0) is 14.7. The lowest BCUT2D eigenvalue weighted by atomic mass is 9.79. The van der Waals surface area contributed by atoms with Crippen LogP contribution in [-0.2, 0) is 4.79 Å². The predicted molar refractivity (Wildman–Crippen MR) is 84.2 cm³/mol. The molecule has 0 bridgehead atoms. The first-order chi connectivity index (χ1) is 10.2. The molecule has 2 N–H and O–H groups in total. The molecule has 3 rings (SSSR count). The maximum atomic E-state index is 11.6. The molecule has 1 atom stereocenters. The minimum absolute atomic E-state index is 0.139. The SMILES string of the molecule is CN=C(NCC1CCCC1)N1CCCC2(CNC(=O)C2)C1. The third-order valence-electron chi connectivity index (χ3n) is 5.39. The molecule has 21 heavy (non-hydrogen) atoms. The van der Waals surface area contributed by atoms with E-state index in [2.05, 4.69) is 20.5 Å². The fourth-order valence-corrected chi connectivity index (χ4v) is 4.21. The number of carbonyl (C=O) groups is 1. The highest BCUT2D eigenvalue weighted by Crippen LogP contribution is 2.36. The first-order valence-corrected chi connectivity index (χ1v) is 8.43. The van der Waals surface area contributed by atoms with Crippen LogP contribution < -0.4 is 10.6 Å². The number of piperidine rings is 1. The molecule has 5 heteroatoms. The second-order valence-corrected chi connectivity index (χ2v) is 7.06. The van der Waals surface area contributed by atoms with Gasteiger partial charge < -0.3 is 15.5 Å². The van der Waals surface area contributed by atoms with Crippen LogP contribution >= 0.6 is 0 Å². The van der Waals surface area contributed by atoms with E-state index in [1.165, 1.54) is 25.7 Å². The summed E-state index contributed by atoms with van der Waals surface area (Å²) in [5, 5.41) is 6.58. The highest BCUT2D eigenvalue weighted by atomic mass is 16.1. The number of rotatable bonds is 2. The third kappa shape index (κ3) is 3.33. The van der Waals surface area contributed by atoms with E-state index in [1.807, 2.05) is 7.05 Å². The van der Waals surface area contributed by atoms with Crippen molar-refractivity contribution in [1.82, 2.24) is 15.5 Å². The van der Waals surface area contributed by atoms with Gasteiger partial charge in [-0.05, 0) is 31.6 Å². The van der Waals surface area contributed by atoms with Gasteiger partial charge in [-0.3, -0.25) is 9.79 Å². The molecule has 0 aromatic rings. The zero-order valence-electron chi connectivity index (χ0n) is 13.2. The first kappa shape index (κ1) is 14.7. The number of hydrogen-bond acceptors (Lipinski definition) is 2. The number of amides is 1. The van der Waals surface area contributed by atoms with Gasteiger partial charge in [0.1, 0.15) is 0 Å². The van der Waals surface area contributed by atoms with Gasteiger partial charge in [0.25, 0.3) is 0 Å². The maximum absolute atomic E-state index is 11.6. The zero-order valence-corrected chi connectivity index (χ0v) is 13.2. The summed E-state index contributed by atoms with van der Waals surface area (Å²) in [4.78, 5) is 18.4. The Kier molecular flexibility index (Phi) is 4.36. The number of nitrogens with zero attached hydrogens (tertiary/aromatic N) is 2. The summed E-state index contributed by atoms with van der Waals surface area (Å²) < 4.78 is 0. The molecule has 1 aliphatic carbocycles. The molecular weight excluding hydrogens is 264 g/mol. The van der Waals surface area contributed by atoms with Crippen molar-refractivity contribution in [2.75, 3.05) is 33.2 Å². The van der Waals surface area contributed by atoms with E-state index < -0.39 is 0 Å². The molecule has 1 unspecified atom stereocenters. The van der Waals surface area contributed by atoms with Crippen molar-refractivity contribution in [3.63, 3.8) is 0 Å². The maximum Gasteiger partial charge on any atom is 0.220 e. The smallest absolute Gasteiger partial charge is 0.220 e. The van der Waals surface area contributed by atoms with Crippen LogP contribution in [0, 0.1) is 11.3 Å². The van der Waals surface area contributed by atoms with Crippen molar-refractivity contribution in [2.45, 2.75) is 44.9 Å². The largest absolute Gasteiger partial charge is 0.356 e. The number of carbonyl (C=O) groups excluding carboxylic acids is 1. The van der Waals surface area contributed by atoms with Crippen LogP contribution in [0.5, 0.6) is 0 Å². The molecule has 118 valence electrons. The Morgan fingerprint density at radius 3 is 2.90 bits per heavy atom. The van der Waals surface area contributed by atoms with Crippen molar-refractivity contribution in [2.24, 2.45) is 16.3 Å². The molecule has 5 nitrogen and oxygen atoms in total. The minimum Gasteiger partial charge on any atom is -0.356 e. The quantitative estimate of drug-likeness (QED) is 0.597. The Labute approximate surface area is 127 Å². The van der Waals surface area contributed by atoms with Crippen LogP contribution in [-0.4, -0.2) is 50.0 Å². The topological polar surface area (TPSA) is 56.7 Å². The van der Waals surface area contributed by atoms with Crippen LogP contribution in [0.2, 0.25) is 0 Å². The summed E-state index contributed by atoms with van der Waals surface area (Å²) in [6.07, 6.45) is 8.46. The van der Waals surface area contributed by atoms with E-state index in [4.69, 9.17) is 0 Å². The second kappa shape index (κ2) is 6.24. The molecule has 1 saturated carbocycles. The molecule has 3 fully saturated rings. The van der Waals surface area contributed by atoms with Gasteiger partial charge >= 0.3 is 0 Å². The van der Waals surface area contributed by atoms with E-state index in [-0.39, 0.29) is 11.3 Å². The van der Waals surface area contributed by atoms with Gasteiger partial charge in [-0.1, -0.05) is 12.8 Å². The third-order valence-corrected chi connectivity index (χ3v) is 5.39. The monoisotopic (exact) mass is 292 g/mol. The van der Waals surface area contributed by atoms with Gasteiger partial charge in [-0.2, -0.15) is 0 Å². The van der Waals surface area contributed by atoms with Crippen LogP contribution in [0.3, 0.4) is 0 Å². The van der Waals surface area contributed by atoms with E-state index in [0.717, 1.165) is 50.9 Å². The van der Waals surface area contributed by atoms with E-state index in [1.54, 1.807) is 0 Å². The number of nitrogens with one attached hydrogen (secondary N) is 2. The molecule has 2 saturated heterocycles. The molecule has 0 radical (unpaired) electrons. The summed E-state index contributed by atoms with van der Waals surface area (Å²) in [6.45, 7) is 3.89. The van der Waals surface area contributed by atoms with Crippen LogP contribution in [0.4, 0.5) is 0 Å². The standard InChI is InChI=1S/C16H28N4O/c1-17-15(18-10-13-5-2-3-6-13)20-8-4-7-16(12-20)9-14(21)19-11-16/h13H,2-12H2,1H3,(H,17,18)(H,19,21). The minimum atomic E-state index is 0.139. The molecule has 0 aromatic carbocycles. The number of aliphatic imine (C=N–C) groups is 1. The lowest BCUT2D eigenvalue weighted by molar-refractivity contribution is -0.119. The van der Waals surface area contributed by atoms with Gasteiger partial charge in [0.05, 0.1) is 0 Å². The van der Waals surface area contributed by atoms with Crippen molar-refractivity contribution in [3.8, 4) is 0 Å². The van der Waals surface area contributed by atoms with Crippen LogP contribution in [0.25, 0.3) is 0 Å². The van der Waals surface area contributed by atoms with E-state index >= 15 is 0 Å². The fraction of sp³-hybridized carbons (Fsp3) is 0.875. The van der Waals surface area contributed by atoms with Crippen LogP contribution in [0.1, 0.15) is 44.9 Å². The summed E-state index contributed by atoms with van der Waals surface area (Å²) in [5.41, 5.74) is 0.139. The van der Waals surface area contributed by atoms with Gasteiger partial charge in [-0.25, -0.2) is 0 Å². The van der Waals surface area contributed by atoms with E-state index in [9.17, 15) is 4.79 Å². The average molecular weight is 292 g/mol. The molecular formula is C16H28N4O. The number of likely N-dealkylation sites (tertiary alicyclic amines) is 1. The van der Waals surface area contributed by atoms with Crippen molar-refractivity contribution >= 4 is 11.9 Å². The van der Waals surface area contributed by atoms with Gasteiger partial charge in [0, 0.05) is 45.1 Å². The fourth-order valence-electron chi connectivity index (χ4n) is 4.21. The Morgan fingerprint density at radius 1 is 1.43 bits per heavy atom. The van der Waals surface area contributed by atoms with Gasteiger partial charge in [-0.15, -0.1) is 0 Å².